The van der Waals surface area contributed by atoms with E-state index in [0.717, 1.165) is 61.0 Å². The van der Waals surface area contributed by atoms with E-state index < -0.39 is 0 Å². The van der Waals surface area contributed by atoms with E-state index in [1.165, 1.54) is 5.56 Å². The lowest BCUT2D eigenvalue weighted by atomic mass is 10.1. The summed E-state index contributed by atoms with van der Waals surface area (Å²) in [5.41, 5.74) is 4.07. The number of morpholine rings is 1. The van der Waals surface area contributed by atoms with Crippen molar-refractivity contribution >= 4 is 16.9 Å². The molecule has 1 fully saturated rings. The van der Waals surface area contributed by atoms with Crippen molar-refractivity contribution in [2.45, 2.75) is 19.9 Å². The lowest BCUT2D eigenvalue weighted by Crippen LogP contribution is -2.41. The molecule has 0 amide bonds. The average Bonchev–Trinajstić information content (AvgIpc) is 2.69. The van der Waals surface area contributed by atoms with E-state index in [1.807, 2.05) is 19.3 Å². The summed E-state index contributed by atoms with van der Waals surface area (Å²) >= 11 is 0. The Balaban J connectivity index is 1.62. The fourth-order valence-corrected chi connectivity index (χ4v) is 3.67. The predicted octanol–water partition coefficient (Wildman–Crippen LogP) is 2.52. The van der Waals surface area contributed by atoms with Gasteiger partial charge in [0.05, 0.1) is 24.6 Å². The maximum Gasteiger partial charge on any atom is 0.165 e. The van der Waals surface area contributed by atoms with Crippen LogP contribution < -0.4 is 5.32 Å². The van der Waals surface area contributed by atoms with Gasteiger partial charge in [-0.15, -0.1) is 0 Å². The van der Waals surface area contributed by atoms with Crippen LogP contribution in [0.1, 0.15) is 22.9 Å². The number of fused-ring (bicyclic) bond motifs is 1. The summed E-state index contributed by atoms with van der Waals surface area (Å²) in [6.07, 6.45) is 5.27. The van der Waals surface area contributed by atoms with Gasteiger partial charge in [-0.3, -0.25) is 9.88 Å². The zero-order chi connectivity index (χ0) is 18.6. The third-order valence-electron chi connectivity index (χ3n) is 4.97. The Morgan fingerprint density at radius 1 is 1.15 bits per heavy atom. The van der Waals surface area contributed by atoms with Crippen molar-refractivity contribution in [2.24, 2.45) is 0 Å². The van der Waals surface area contributed by atoms with Crippen molar-refractivity contribution in [3.05, 3.63) is 53.7 Å². The Bertz CT molecular complexity index is 911. The quantitative estimate of drug-likeness (QED) is 0.745. The highest BCUT2D eigenvalue weighted by Crippen LogP contribution is 2.26. The molecule has 1 atom stereocenters. The maximum absolute atomic E-state index is 5.53. The molecule has 27 heavy (non-hydrogen) atoms. The first-order valence-corrected chi connectivity index (χ1v) is 9.27. The monoisotopic (exact) mass is 364 g/mol. The highest BCUT2D eigenvalue weighted by molar-refractivity contribution is 5.89. The Morgan fingerprint density at radius 2 is 1.93 bits per heavy atom. The first-order valence-electron chi connectivity index (χ1n) is 9.27. The first kappa shape index (κ1) is 17.8. The molecule has 1 N–H and O–H groups in total. The second-order valence-corrected chi connectivity index (χ2v) is 6.83. The van der Waals surface area contributed by atoms with Crippen LogP contribution in [0.5, 0.6) is 0 Å². The second kappa shape index (κ2) is 7.94. The molecule has 0 unspecified atom stereocenters. The molecule has 4 rings (SSSR count). The standard InChI is InChI=1S/C20H24N6O/c1-14-11-15(2)25-20-18(14)19(23-13-24-20)22-12-17(16-3-5-21-6-4-16)26-7-9-27-10-8-26/h3-6,11,13,17H,7-10,12H2,1-2H3,(H,22,23,24,25)/t17-/m1/s1. The average molecular weight is 364 g/mol. The van der Waals surface area contributed by atoms with Gasteiger partial charge in [-0.05, 0) is 43.2 Å². The minimum absolute atomic E-state index is 0.223. The van der Waals surface area contributed by atoms with Crippen molar-refractivity contribution in [3.8, 4) is 0 Å². The number of nitrogens with one attached hydrogen (secondary N) is 1. The number of nitrogens with zero attached hydrogens (tertiary/aromatic N) is 5. The lowest BCUT2D eigenvalue weighted by molar-refractivity contribution is 0.0187. The molecular weight excluding hydrogens is 340 g/mol. The molecule has 140 valence electrons. The zero-order valence-corrected chi connectivity index (χ0v) is 15.7. The van der Waals surface area contributed by atoms with Crippen molar-refractivity contribution in [3.63, 3.8) is 0 Å². The number of hydrogen-bond acceptors (Lipinski definition) is 7. The molecule has 3 aromatic heterocycles. The number of rotatable bonds is 5. The van der Waals surface area contributed by atoms with E-state index in [1.54, 1.807) is 6.33 Å². The fourth-order valence-electron chi connectivity index (χ4n) is 3.67. The van der Waals surface area contributed by atoms with E-state index >= 15 is 0 Å². The molecule has 0 spiro atoms. The van der Waals surface area contributed by atoms with Gasteiger partial charge in [-0.1, -0.05) is 0 Å². The molecule has 0 bridgehead atoms. The molecule has 4 heterocycles. The topological polar surface area (TPSA) is 76.1 Å². The van der Waals surface area contributed by atoms with Crippen molar-refractivity contribution < 1.29 is 4.74 Å². The fraction of sp³-hybridized carbons (Fsp3) is 0.400. The Hall–Kier alpha value is -2.64. The zero-order valence-electron chi connectivity index (χ0n) is 15.7. The lowest BCUT2D eigenvalue weighted by Gasteiger charge is -2.35. The van der Waals surface area contributed by atoms with Gasteiger partial charge in [-0.25, -0.2) is 15.0 Å². The maximum atomic E-state index is 5.53. The highest BCUT2D eigenvalue weighted by Gasteiger charge is 2.23. The van der Waals surface area contributed by atoms with Crippen LogP contribution in [0.15, 0.2) is 36.9 Å². The summed E-state index contributed by atoms with van der Waals surface area (Å²) in [6.45, 7) is 8.16. The van der Waals surface area contributed by atoms with Gasteiger partial charge in [0.2, 0.25) is 0 Å². The van der Waals surface area contributed by atoms with Gasteiger partial charge in [0, 0.05) is 37.7 Å². The van der Waals surface area contributed by atoms with Gasteiger partial charge in [0.1, 0.15) is 12.1 Å². The van der Waals surface area contributed by atoms with E-state index in [9.17, 15) is 0 Å². The van der Waals surface area contributed by atoms with Gasteiger partial charge in [-0.2, -0.15) is 0 Å². The Morgan fingerprint density at radius 3 is 2.70 bits per heavy atom. The predicted molar refractivity (Wildman–Crippen MR) is 105 cm³/mol. The molecule has 0 saturated carbocycles. The van der Waals surface area contributed by atoms with Crippen LogP contribution in [-0.2, 0) is 4.74 Å². The van der Waals surface area contributed by atoms with Crippen LogP contribution in [0, 0.1) is 13.8 Å². The van der Waals surface area contributed by atoms with Gasteiger partial charge in [0.25, 0.3) is 0 Å². The van der Waals surface area contributed by atoms with Crippen LogP contribution in [0.25, 0.3) is 11.0 Å². The minimum Gasteiger partial charge on any atom is -0.379 e. The van der Waals surface area contributed by atoms with Gasteiger partial charge >= 0.3 is 0 Å². The molecule has 1 aliphatic heterocycles. The molecule has 7 heteroatoms. The van der Waals surface area contributed by atoms with E-state index in [-0.39, 0.29) is 6.04 Å². The molecule has 0 aliphatic carbocycles. The van der Waals surface area contributed by atoms with Crippen LogP contribution in [0.2, 0.25) is 0 Å². The molecule has 1 saturated heterocycles. The molecule has 7 nitrogen and oxygen atoms in total. The Labute approximate surface area is 158 Å². The van der Waals surface area contributed by atoms with Crippen molar-refractivity contribution in [2.75, 3.05) is 38.2 Å². The summed E-state index contributed by atoms with van der Waals surface area (Å²) in [7, 11) is 0. The number of anilines is 1. The van der Waals surface area contributed by atoms with Crippen LogP contribution in [0.4, 0.5) is 5.82 Å². The van der Waals surface area contributed by atoms with E-state index in [4.69, 9.17) is 4.74 Å². The number of pyridine rings is 2. The molecular formula is C20H24N6O. The van der Waals surface area contributed by atoms with Crippen LogP contribution in [-0.4, -0.2) is 57.7 Å². The summed E-state index contributed by atoms with van der Waals surface area (Å²) in [4.78, 5) is 20.0. The van der Waals surface area contributed by atoms with Gasteiger partial charge < -0.3 is 10.1 Å². The number of ether oxygens (including phenoxy) is 1. The Kier molecular flexibility index (Phi) is 5.22. The smallest absolute Gasteiger partial charge is 0.165 e. The van der Waals surface area contributed by atoms with E-state index in [0.29, 0.717) is 0 Å². The first-order chi connectivity index (χ1) is 13.2. The third kappa shape index (κ3) is 3.89. The summed E-state index contributed by atoms with van der Waals surface area (Å²) < 4.78 is 5.53. The van der Waals surface area contributed by atoms with Crippen molar-refractivity contribution in [1.29, 1.82) is 0 Å². The second-order valence-electron chi connectivity index (χ2n) is 6.83. The minimum atomic E-state index is 0.223. The number of aryl methyl sites for hydroxylation is 2. The molecule has 0 radical (unpaired) electrons. The van der Waals surface area contributed by atoms with E-state index in [2.05, 4.69) is 55.3 Å². The molecule has 3 aromatic rings. The summed E-state index contributed by atoms with van der Waals surface area (Å²) in [5.74, 6) is 0.831. The van der Waals surface area contributed by atoms with Crippen LogP contribution in [0.3, 0.4) is 0 Å². The summed E-state index contributed by atoms with van der Waals surface area (Å²) in [5, 5.41) is 4.53. The normalized spacial score (nSPS) is 16.4. The third-order valence-corrected chi connectivity index (χ3v) is 4.97. The summed E-state index contributed by atoms with van der Waals surface area (Å²) in [6, 6.07) is 6.45. The SMILES string of the molecule is Cc1cc(C)c2c(NC[C@H](c3ccncc3)N3CCOCC3)ncnc2n1. The molecule has 1 aliphatic rings. The van der Waals surface area contributed by atoms with Crippen LogP contribution >= 0.6 is 0 Å². The van der Waals surface area contributed by atoms with Gasteiger partial charge in [0.15, 0.2) is 5.65 Å². The number of hydrogen-bond donors (Lipinski definition) is 1. The molecule has 0 aromatic carbocycles. The number of aromatic nitrogens is 4. The van der Waals surface area contributed by atoms with Crippen molar-refractivity contribution in [1.82, 2.24) is 24.8 Å². The highest BCUT2D eigenvalue weighted by atomic mass is 16.5. The largest absolute Gasteiger partial charge is 0.379 e.